The second-order valence-electron chi connectivity index (χ2n) is 2.74. The first-order valence-corrected chi connectivity index (χ1v) is 3.29. The van der Waals surface area contributed by atoms with Gasteiger partial charge in [0, 0.05) is 6.54 Å². The predicted octanol–water partition coefficient (Wildman–Crippen LogP) is 1.73. The van der Waals surface area contributed by atoms with Gasteiger partial charge in [-0.2, -0.15) is 0 Å². The quantitative estimate of drug-likeness (QED) is 0.451. The van der Waals surface area contributed by atoms with Crippen LogP contribution in [0.1, 0.15) is 20.3 Å². The van der Waals surface area contributed by atoms with Crippen LogP contribution < -0.4 is 0 Å². The highest BCUT2D eigenvalue weighted by atomic mass is 14.7. The molecule has 1 heteroatoms. The standard InChI is InChI=1S/C7H13N/c1-6-3-4-8-5-7(6)2/h4,6-7H,3,5H2,1-2H3. The molecule has 0 aromatic rings. The minimum Gasteiger partial charge on any atom is -0.297 e. The van der Waals surface area contributed by atoms with Crippen LogP contribution in [0, 0.1) is 11.8 Å². The second-order valence-corrected chi connectivity index (χ2v) is 2.74. The Labute approximate surface area is 50.8 Å². The lowest BCUT2D eigenvalue weighted by Gasteiger charge is -2.19. The molecular formula is C7H13N. The van der Waals surface area contributed by atoms with Crippen LogP contribution in [0.25, 0.3) is 0 Å². The zero-order valence-electron chi connectivity index (χ0n) is 5.59. The maximum atomic E-state index is 4.18. The van der Waals surface area contributed by atoms with E-state index in [0.717, 1.165) is 18.4 Å². The summed E-state index contributed by atoms with van der Waals surface area (Å²) < 4.78 is 0. The molecule has 46 valence electrons. The highest BCUT2D eigenvalue weighted by Crippen LogP contribution is 2.16. The monoisotopic (exact) mass is 111 g/mol. The van der Waals surface area contributed by atoms with Gasteiger partial charge in [0.25, 0.3) is 0 Å². The summed E-state index contributed by atoms with van der Waals surface area (Å²) in [6, 6.07) is 0. The van der Waals surface area contributed by atoms with Gasteiger partial charge in [0.2, 0.25) is 0 Å². The minimum atomic E-state index is 0.806. The van der Waals surface area contributed by atoms with Crippen molar-refractivity contribution in [3.63, 3.8) is 0 Å². The molecule has 2 atom stereocenters. The van der Waals surface area contributed by atoms with Crippen LogP contribution >= 0.6 is 0 Å². The minimum absolute atomic E-state index is 0.806. The number of nitrogens with zero attached hydrogens (tertiary/aromatic N) is 1. The van der Waals surface area contributed by atoms with Gasteiger partial charge in [-0.25, -0.2) is 0 Å². The lowest BCUT2D eigenvalue weighted by Crippen LogP contribution is -2.15. The molecule has 2 unspecified atom stereocenters. The first-order valence-electron chi connectivity index (χ1n) is 3.29. The third kappa shape index (κ3) is 1.09. The van der Waals surface area contributed by atoms with E-state index in [4.69, 9.17) is 0 Å². The summed E-state index contributed by atoms with van der Waals surface area (Å²) in [5.41, 5.74) is 0. The number of rotatable bonds is 0. The zero-order valence-corrected chi connectivity index (χ0v) is 5.59. The molecule has 1 heterocycles. The van der Waals surface area contributed by atoms with Crippen molar-refractivity contribution in [1.29, 1.82) is 0 Å². The number of hydrogen-bond donors (Lipinski definition) is 0. The van der Waals surface area contributed by atoms with Crippen LogP contribution in [-0.2, 0) is 0 Å². The smallest absolute Gasteiger partial charge is 0.0413 e. The first-order chi connectivity index (χ1) is 3.80. The van der Waals surface area contributed by atoms with Crippen LogP contribution in [-0.4, -0.2) is 12.8 Å². The fraction of sp³-hybridized carbons (Fsp3) is 0.857. The summed E-state index contributed by atoms with van der Waals surface area (Å²) >= 11 is 0. The van der Waals surface area contributed by atoms with E-state index in [0.29, 0.717) is 0 Å². The van der Waals surface area contributed by atoms with E-state index in [-0.39, 0.29) is 0 Å². The van der Waals surface area contributed by atoms with Gasteiger partial charge in [0.05, 0.1) is 0 Å². The van der Waals surface area contributed by atoms with E-state index in [1.54, 1.807) is 0 Å². The summed E-state index contributed by atoms with van der Waals surface area (Å²) in [4.78, 5) is 4.18. The average molecular weight is 111 g/mol. The van der Waals surface area contributed by atoms with E-state index < -0.39 is 0 Å². The molecule has 0 N–H and O–H groups in total. The number of hydrogen-bond acceptors (Lipinski definition) is 1. The Morgan fingerprint density at radius 2 is 2.12 bits per heavy atom. The molecule has 0 aromatic heterocycles. The highest BCUT2D eigenvalue weighted by molar-refractivity contribution is 5.58. The van der Waals surface area contributed by atoms with E-state index in [1.165, 1.54) is 6.42 Å². The van der Waals surface area contributed by atoms with Crippen molar-refractivity contribution in [2.24, 2.45) is 16.8 Å². The third-order valence-corrected chi connectivity index (χ3v) is 1.97. The fourth-order valence-corrected chi connectivity index (χ4v) is 0.894. The zero-order chi connectivity index (χ0) is 5.98. The topological polar surface area (TPSA) is 12.4 Å². The summed E-state index contributed by atoms with van der Waals surface area (Å²) in [5, 5.41) is 0. The van der Waals surface area contributed by atoms with Crippen molar-refractivity contribution in [3.8, 4) is 0 Å². The van der Waals surface area contributed by atoms with Gasteiger partial charge in [0.15, 0.2) is 0 Å². The van der Waals surface area contributed by atoms with Crippen molar-refractivity contribution < 1.29 is 0 Å². The highest BCUT2D eigenvalue weighted by Gasteiger charge is 2.12. The van der Waals surface area contributed by atoms with Crippen LogP contribution in [0.3, 0.4) is 0 Å². The molecule has 0 aliphatic carbocycles. The van der Waals surface area contributed by atoms with Crippen molar-refractivity contribution in [2.45, 2.75) is 20.3 Å². The fourth-order valence-electron chi connectivity index (χ4n) is 0.894. The molecule has 1 rings (SSSR count). The van der Waals surface area contributed by atoms with Gasteiger partial charge in [-0.15, -0.1) is 0 Å². The largest absolute Gasteiger partial charge is 0.297 e. The van der Waals surface area contributed by atoms with Crippen LogP contribution in [0.2, 0.25) is 0 Å². The lowest BCUT2D eigenvalue weighted by molar-refractivity contribution is 0.397. The van der Waals surface area contributed by atoms with Crippen molar-refractivity contribution in [1.82, 2.24) is 0 Å². The second kappa shape index (κ2) is 2.29. The molecule has 0 saturated heterocycles. The molecule has 8 heavy (non-hydrogen) atoms. The van der Waals surface area contributed by atoms with E-state index in [2.05, 4.69) is 18.8 Å². The molecule has 0 aromatic carbocycles. The Hall–Kier alpha value is -0.330. The van der Waals surface area contributed by atoms with Crippen LogP contribution in [0.4, 0.5) is 0 Å². The van der Waals surface area contributed by atoms with Crippen LogP contribution in [0.5, 0.6) is 0 Å². The summed E-state index contributed by atoms with van der Waals surface area (Å²) in [7, 11) is 0. The van der Waals surface area contributed by atoms with E-state index in [1.807, 2.05) is 6.21 Å². The molecule has 0 amide bonds. The van der Waals surface area contributed by atoms with Crippen molar-refractivity contribution in [3.05, 3.63) is 0 Å². The maximum Gasteiger partial charge on any atom is 0.0413 e. The van der Waals surface area contributed by atoms with Gasteiger partial charge in [-0.05, 0) is 24.5 Å². The molecule has 1 nitrogen and oxygen atoms in total. The average Bonchev–Trinajstić information content (AvgIpc) is 1.77. The molecule has 1 aliphatic rings. The molecule has 0 spiro atoms. The van der Waals surface area contributed by atoms with Gasteiger partial charge in [0.1, 0.15) is 0 Å². The predicted molar refractivity (Wildman–Crippen MR) is 36.3 cm³/mol. The SMILES string of the molecule is CC1CC=NCC1C. The van der Waals surface area contributed by atoms with Gasteiger partial charge in [-0.3, -0.25) is 4.99 Å². The van der Waals surface area contributed by atoms with Crippen molar-refractivity contribution in [2.75, 3.05) is 6.54 Å². The Bertz CT molecular complexity index is 84.6. The lowest BCUT2D eigenvalue weighted by atomic mass is 9.92. The molecule has 0 radical (unpaired) electrons. The molecule has 1 aliphatic heterocycles. The van der Waals surface area contributed by atoms with Gasteiger partial charge < -0.3 is 0 Å². The molecular weight excluding hydrogens is 98.1 g/mol. The van der Waals surface area contributed by atoms with Crippen molar-refractivity contribution >= 4 is 6.21 Å². The molecule has 0 bridgehead atoms. The van der Waals surface area contributed by atoms with Crippen LogP contribution in [0.15, 0.2) is 4.99 Å². The van der Waals surface area contributed by atoms with Gasteiger partial charge in [-0.1, -0.05) is 13.8 Å². The maximum absolute atomic E-state index is 4.18. The molecule has 0 saturated carbocycles. The Kier molecular flexibility index (Phi) is 1.66. The van der Waals surface area contributed by atoms with Gasteiger partial charge >= 0.3 is 0 Å². The van der Waals surface area contributed by atoms with E-state index in [9.17, 15) is 0 Å². The summed E-state index contributed by atoms with van der Waals surface area (Å²) in [5.74, 6) is 1.66. The Morgan fingerprint density at radius 1 is 1.38 bits per heavy atom. The first kappa shape index (κ1) is 5.80. The normalized spacial score (nSPS) is 37.8. The van der Waals surface area contributed by atoms with E-state index >= 15 is 0 Å². The third-order valence-electron chi connectivity index (χ3n) is 1.97. The summed E-state index contributed by atoms with van der Waals surface area (Å²) in [6.07, 6.45) is 3.23. The Balaban J connectivity index is 2.44. The summed E-state index contributed by atoms with van der Waals surface area (Å²) in [6.45, 7) is 5.60. The molecule has 0 fully saturated rings. The number of aliphatic imine (C=N–C) groups is 1. The Morgan fingerprint density at radius 3 is 2.50 bits per heavy atom.